The van der Waals surface area contributed by atoms with Gasteiger partial charge in [-0.1, -0.05) is 6.07 Å². The first-order valence-electron chi connectivity index (χ1n) is 10.4. The number of ether oxygens (including phenoxy) is 1. The lowest BCUT2D eigenvalue weighted by Crippen LogP contribution is -2.29. The molecule has 5 heteroatoms. The molecule has 1 aromatic carbocycles. The molecule has 152 valence electrons. The largest absolute Gasteiger partial charge is 0.449 e. The average molecular weight is 392 g/mol. The summed E-state index contributed by atoms with van der Waals surface area (Å²) >= 11 is 0. The van der Waals surface area contributed by atoms with E-state index in [2.05, 4.69) is 35.9 Å². The third kappa shape index (κ3) is 4.29. The second kappa shape index (κ2) is 7.90. The van der Waals surface area contributed by atoms with Crippen LogP contribution < -0.4 is 5.32 Å². The molecule has 0 radical (unpaired) electrons. The molecule has 0 saturated heterocycles. The van der Waals surface area contributed by atoms with Crippen LogP contribution in [0.2, 0.25) is 0 Å². The van der Waals surface area contributed by atoms with Gasteiger partial charge in [0.15, 0.2) is 6.10 Å². The van der Waals surface area contributed by atoms with Crippen LogP contribution >= 0.6 is 0 Å². The minimum atomic E-state index is -0.862. The van der Waals surface area contributed by atoms with E-state index in [0.29, 0.717) is 6.04 Å². The summed E-state index contributed by atoms with van der Waals surface area (Å²) in [5.41, 5.74) is 6.78. The number of nitrogens with zero attached hydrogens (tertiary/aromatic N) is 1. The fraction of sp³-hybridized carbons (Fsp3) is 0.417. The zero-order chi connectivity index (χ0) is 20.5. The molecule has 1 saturated carbocycles. The number of fused-ring (bicyclic) bond motifs is 1. The zero-order valence-corrected chi connectivity index (χ0v) is 17.3. The molecular formula is C24H28N2O3. The van der Waals surface area contributed by atoms with Crippen molar-refractivity contribution in [3.8, 4) is 0 Å². The van der Waals surface area contributed by atoms with Gasteiger partial charge in [-0.3, -0.25) is 4.79 Å². The first kappa shape index (κ1) is 19.5. The van der Waals surface area contributed by atoms with Crippen LogP contribution in [0.5, 0.6) is 0 Å². The van der Waals surface area contributed by atoms with Gasteiger partial charge in [-0.15, -0.1) is 0 Å². The van der Waals surface area contributed by atoms with E-state index in [1.165, 1.54) is 35.7 Å². The number of esters is 1. The zero-order valence-electron chi connectivity index (χ0n) is 17.3. The van der Waals surface area contributed by atoms with Crippen LogP contribution in [-0.2, 0) is 27.2 Å². The molecule has 1 N–H and O–H groups in total. The number of carbonyl (C=O) groups excluding carboxylic acids is 2. The fourth-order valence-electron chi connectivity index (χ4n) is 4.18. The Labute approximate surface area is 171 Å². The Kier molecular flexibility index (Phi) is 5.31. The number of carbonyl (C=O) groups is 2. The first-order valence-corrected chi connectivity index (χ1v) is 10.4. The number of benzene rings is 1. The van der Waals surface area contributed by atoms with Crippen molar-refractivity contribution in [1.82, 2.24) is 4.57 Å². The molecular weight excluding hydrogens is 364 g/mol. The van der Waals surface area contributed by atoms with Crippen LogP contribution in [0.4, 0.5) is 5.69 Å². The van der Waals surface area contributed by atoms with Crippen LogP contribution in [-0.4, -0.2) is 22.5 Å². The van der Waals surface area contributed by atoms with Crippen molar-refractivity contribution in [3.63, 3.8) is 0 Å². The lowest BCUT2D eigenvalue weighted by atomic mass is 10.1. The summed E-state index contributed by atoms with van der Waals surface area (Å²) in [6.07, 6.45) is 8.07. The topological polar surface area (TPSA) is 60.3 Å². The fourth-order valence-corrected chi connectivity index (χ4v) is 4.18. The summed E-state index contributed by atoms with van der Waals surface area (Å²) in [6.45, 7) is 5.75. The van der Waals surface area contributed by atoms with Crippen LogP contribution in [0.1, 0.15) is 60.3 Å². The number of nitrogens with one attached hydrogen (secondary N) is 1. The summed E-state index contributed by atoms with van der Waals surface area (Å²) in [7, 11) is 0. The molecule has 4 rings (SSSR count). The van der Waals surface area contributed by atoms with Crippen molar-refractivity contribution < 1.29 is 14.3 Å². The van der Waals surface area contributed by atoms with E-state index in [1.807, 2.05) is 12.1 Å². The van der Waals surface area contributed by atoms with Gasteiger partial charge in [0, 0.05) is 29.2 Å². The highest BCUT2D eigenvalue weighted by Crippen LogP contribution is 2.38. The predicted octanol–water partition coefficient (Wildman–Crippen LogP) is 4.51. The standard InChI is InChI=1S/C24H28N2O3/c1-15-13-19(16(2)26(15)22-10-11-22)8-12-23(27)29-17(3)24(28)25-21-9-7-18-5-4-6-20(18)14-21/h7-9,12-14,17,22H,4-6,10-11H2,1-3H3,(H,25,28)/b12-8+/t17-/m1/s1. The lowest BCUT2D eigenvalue weighted by Gasteiger charge is -2.13. The predicted molar refractivity (Wildman–Crippen MR) is 114 cm³/mol. The molecule has 1 atom stereocenters. The van der Waals surface area contributed by atoms with Gasteiger partial charge in [0.05, 0.1) is 0 Å². The summed E-state index contributed by atoms with van der Waals surface area (Å²) in [5, 5.41) is 2.85. The Bertz CT molecular complexity index is 982. The minimum Gasteiger partial charge on any atom is -0.449 e. The highest BCUT2D eigenvalue weighted by atomic mass is 16.5. The normalized spacial score (nSPS) is 16.7. The molecule has 29 heavy (non-hydrogen) atoms. The van der Waals surface area contributed by atoms with Gasteiger partial charge in [-0.2, -0.15) is 0 Å². The van der Waals surface area contributed by atoms with Crippen molar-refractivity contribution in [2.75, 3.05) is 5.32 Å². The third-order valence-corrected chi connectivity index (χ3v) is 5.86. The molecule has 0 spiro atoms. The van der Waals surface area contributed by atoms with E-state index in [9.17, 15) is 9.59 Å². The van der Waals surface area contributed by atoms with E-state index >= 15 is 0 Å². The van der Waals surface area contributed by atoms with Gasteiger partial charge >= 0.3 is 5.97 Å². The maximum atomic E-state index is 12.4. The highest BCUT2D eigenvalue weighted by Gasteiger charge is 2.26. The molecule has 1 heterocycles. The van der Waals surface area contributed by atoms with Gasteiger partial charge in [0.25, 0.3) is 5.91 Å². The highest BCUT2D eigenvalue weighted by molar-refractivity contribution is 5.96. The molecule has 1 fully saturated rings. The van der Waals surface area contributed by atoms with Gasteiger partial charge in [-0.05, 0) is 93.8 Å². The average Bonchev–Trinajstić information content (AvgIpc) is 3.32. The van der Waals surface area contributed by atoms with E-state index in [-0.39, 0.29) is 5.91 Å². The number of hydrogen-bond donors (Lipinski definition) is 1. The van der Waals surface area contributed by atoms with Crippen molar-refractivity contribution in [3.05, 3.63) is 58.4 Å². The molecule has 0 unspecified atom stereocenters. The van der Waals surface area contributed by atoms with Gasteiger partial charge < -0.3 is 14.6 Å². The number of anilines is 1. The van der Waals surface area contributed by atoms with E-state index in [4.69, 9.17) is 4.74 Å². The van der Waals surface area contributed by atoms with Crippen molar-refractivity contribution in [2.24, 2.45) is 0 Å². The van der Waals surface area contributed by atoms with Crippen LogP contribution in [0.25, 0.3) is 6.08 Å². The molecule has 2 aliphatic rings. The number of hydrogen-bond acceptors (Lipinski definition) is 3. The van der Waals surface area contributed by atoms with Crippen molar-refractivity contribution >= 4 is 23.6 Å². The summed E-state index contributed by atoms with van der Waals surface area (Å²) in [4.78, 5) is 24.6. The maximum Gasteiger partial charge on any atom is 0.331 e. The SMILES string of the molecule is Cc1cc(/C=C/C(=O)O[C@H](C)C(=O)Nc2ccc3c(c2)CCC3)c(C)n1C1CC1. The third-order valence-electron chi connectivity index (χ3n) is 5.86. The first-order chi connectivity index (χ1) is 13.9. The number of aryl methyl sites for hydroxylation is 3. The van der Waals surface area contributed by atoms with E-state index in [0.717, 1.165) is 36.2 Å². The smallest absolute Gasteiger partial charge is 0.331 e. The summed E-state index contributed by atoms with van der Waals surface area (Å²) in [6, 6.07) is 8.68. The van der Waals surface area contributed by atoms with Gasteiger partial charge in [0.1, 0.15) is 0 Å². The summed E-state index contributed by atoms with van der Waals surface area (Å²) < 4.78 is 7.62. The molecule has 2 aromatic rings. The number of amides is 1. The lowest BCUT2D eigenvalue weighted by molar-refractivity contribution is -0.148. The second-order valence-corrected chi connectivity index (χ2v) is 8.17. The Morgan fingerprint density at radius 3 is 2.69 bits per heavy atom. The quantitative estimate of drug-likeness (QED) is 0.581. The van der Waals surface area contributed by atoms with Crippen LogP contribution in [0, 0.1) is 13.8 Å². The van der Waals surface area contributed by atoms with Gasteiger partial charge in [0.2, 0.25) is 0 Å². The second-order valence-electron chi connectivity index (χ2n) is 8.17. The molecule has 0 aliphatic heterocycles. The molecule has 0 bridgehead atoms. The molecule has 1 amide bonds. The minimum absolute atomic E-state index is 0.323. The van der Waals surface area contributed by atoms with Crippen LogP contribution in [0.3, 0.4) is 0 Å². The molecule has 1 aromatic heterocycles. The Balaban J connectivity index is 1.33. The maximum absolute atomic E-state index is 12.4. The number of aromatic nitrogens is 1. The van der Waals surface area contributed by atoms with Crippen molar-refractivity contribution in [1.29, 1.82) is 0 Å². The molecule has 5 nitrogen and oxygen atoms in total. The Morgan fingerprint density at radius 1 is 1.17 bits per heavy atom. The summed E-state index contributed by atoms with van der Waals surface area (Å²) in [5.74, 6) is -0.838. The van der Waals surface area contributed by atoms with E-state index in [1.54, 1.807) is 13.0 Å². The van der Waals surface area contributed by atoms with E-state index < -0.39 is 12.1 Å². The van der Waals surface area contributed by atoms with Crippen molar-refractivity contribution in [2.45, 2.75) is 65.0 Å². The number of rotatable bonds is 6. The molecule has 2 aliphatic carbocycles. The van der Waals surface area contributed by atoms with Crippen LogP contribution in [0.15, 0.2) is 30.3 Å². The monoisotopic (exact) mass is 392 g/mol. The van der Waals surface area contributed by atoms with Gasteiger partial charge in [-0.25, -0.2) is 4.79 Å². The Morgan fingerprint density at radius 2 is 1.93 bits per heavy atom. The Hall–Kier alpha value is -2.82.